The maximum atomic E-state index is 12.5. The molecule has 1 aromatic carbocycles. The minimum absolute atomic E-state index is 0.0442. The quantitative estimate of drug-likeness (QED) is 0.778. The number of hydrogen-bond donors (Lipinski definition) is 2. The summed E-state index contributed by atoms with van der Waals surface area (Å²) in [5.74, 6) is -0.0442. The van der Waals surface area contributed by atoms with E-state index >= 15 is 0 Å². The van der Waals surface area contributed by atoms with E-state index in [9.17, 15) is 13.2 Å². The monoisotopic (exact) mass is 230 g/mol. The van der Waals surface area contributed by atoms with E-state index in [2.05, 4.69) is 5.32 Å². The van der Waals surface area contributed by atoms with Crippen LogP contribution >= 0.6 is 0 Å². The van der Waals surface area contributed by atoms with Crippen LogP contribution in [0.1, 0.15) is 24.0 Å². The molecule has 3 N–H and O–H groups in total. The smallest absolute Gasteiger partial charge is 0.384 e. The lowest BCUT2D eigenvalue weighted by atomic mass is 9.93. The van der Waals surface area contributed by atoms with E-state index in [0.717, 1.165) is 11.8 Å². The third-order valence-corrected chi connectivity index (χ3v) is 2.93. The first kappa shape index (κ1) is 11.3. The van der Waals surface area contributed by atoms with E-state index in [0.29, 0.717) is 12.1 Å². The molecule has 2 rings (SSSR count). The number of alkyl halides is 3. The average Bonchev–Trinajstić information content (AvgIpc) is 2.58. The normalized spacial score (nSPS) is 21.4. The van der Waals surface area contributed by atoms with Crippen molar-refractivity contribution in [2.24, 2.45) is 5.73 Å². The van der Waals surface area contributed by atoms with Crippen LogP contribution in [0.25, 0.3) is 0 Å². The number of benzene rings is 1. The van der Waals surface area contributed by atoms with Crippen molar-refractivity contribution in [3.63, 3.8) is 0 Å². The largest absolute Gasteiger partial charge is 0.416 e. The van der Waals surface area contributed by atoms with Crippen LogP contribution < -0.4 is 11.1 Å². The number of hydrogen-bond acceptors (Lipinski definition) is 2. The number of anilines is 1. The number of fused-ring (bicyclic) bond motifs is 1. The van der Waals surface area contributed by atoms with E-state index in [-0.39, 0.29) is 12.0 Å². The Morgan fingerprint density at radius 3 is 2.69 bits per heavy atom. The molecule has 0 aliphatic carbocycles. The molecule has 0 aromatic heterocycles. The van der Waals surface area contributed by atoms with Crippen molar-refractivity contribution in [2.45, 2.75) is 25.1 Å². The van der Waals surface area contributed by atoms with Gasteiger partial charge in [-0.25, -0.2) is 0 Å². The van der Waals surface area contributed by atoms with E-state index in [1.807, 2.05) is 6.92 Å². The average molecular weight is 230 g/mol. The molecule has 0 bridgehead atoms. The molecule has 2 atom stereocenters. The fourth-order valence-electron chi connectivity index (χ4n) is 2.01. The molecule has 1 heterocycles. The molecule has 1 aromatic rings. The second kappa shape index (κ2) is 3.66. The van der Waals surface area contributed by atoms with Crippen LogP contribution in [-0.4, -0.2) is 12.6 Å². The maximum Gasteiger partial charge on any atom is 0.416 e. The lowest BCUT2D eigenvalue weighted by Crippen LogP contribution is -2.26. The first-order chi connectivity index (χ1) is 7.39. The van der Waals surface area contributed by atoms with Crippen molar-refractivity contribution in [3.05, 3.63) is 29.3 Å². The van der Waals surface area contributed by atoms with Gasteiger partial charge in [0.1, 0.15) is 0 Å². The Morgan fingerprint density at radius 1 is 1.44 bits per heavy atom. The lowest BCUT2D eigenvalue weighted by molar-refractivity contribution is -0.137. The van der Waals surface area contributed by atoms with Crippen LogP contribution in [0, 0.1) is 0 Å². The summed E-state index contributed by atoms with van der Waals surface area (Å²) in [6.45, 7) is 2.41. The summed E-state index contributed by atoms with van der Waals surface area (Å²) >= 11 is 0. The van der Waals surface area contributed by atoms with Gasteiger partial charge in [-0.15, -0.1) is 0 Å². The summed E-state index contributed by atoms with van der Waals surface area (Å²) in [5.41, 5.74) is 6.57. The summed E-state index contributed by atoms with van der Waals surface area (Å²) in [5, 5.41) is 3.06. The summed E-state index contributed by atoms with van der Waals surface area (Å²) in [6.07, 6.45) is -4.29. The maximum absolute atomic E-state index is 12.5. The predicted molar refractivity (Wildman–Crippen MR) is 56.3 cm³/mol. The first-order valence-corrected chi connectivity index (χ1v) is 5.10. The molecule has 5 heteroatoms. The SMILES string of the molecule is CC(N)C1CNc2ccc(C(F)(F)F)cc21. The zero-order valence-electron chi connectivity index (χ0n) is 8.81. The molecule has 2 unspecified atom stereocenters. The fourth-order valence-corrected chi connectivity index (χ4v) is 2.01. The van der Waals surface area contributed by atoms with Crippen molar-refractivity contribution in [1.29, 1.82) is 0 Å². The topological polar surface area (TPSA) is 38.0 Å². The van der Waals surface area contributed by atoms with Crippen molar-refractivity contribution in [3.8, 4) is 0 Å². The molecule has 0 saturated heterocycles. The van der Waals surface area contributed by atoms with Gasteiger partial charge < -0.3 is 11.1 Å². The molecule has 1 aliphatic heterocycles. The van der Waals surface area contributed by atoms with Crippen LogP contribution in [0.4, 0.5) is 18.9 Å². The van der Waals surface area contributed by atoms with Gasteiger partial charge >= 0.3 is 6.18 Å². The van der Waals surface area contributed by atoms with E-state index in [1.54, 1.807) is 0 Å². The van der Waals surface area contributed by atoms with Crippen molar-refractivity contribution in [1.82, 2.24) is 0 Å². The van der Waals surface area contributed by atoms with Gasteiger partial charge in [-0.2, -0.15) is 13.2 Å². The van der Waals surface area contributed by atoms with Gasteiger partial charge in [-0.3, -0.25) is 0 Å². The molecular formula is C11H13F3N2. The second-order valence-electron chi connectivity index (χ2n) is 4.15. The summed E-state index contributed by atoms with van der Waals surface area (Å²) < 4.78 is 37.6. The minimum Gasteiger partial charge on any atom is -0.384 e. The van der Waals surface area contributed by atoms with Crippen LogP contribution in [0.5, 0.6) is 0 Å². The zero-order chi connectivity index (χ0) is 11.9. The van der Waals surface area contributed by atoms with Gasteiger partial charge in [0.05, 0.1) is 5.56 Å². The molecule has 0 saturated carbocycles. The van der Waals surface area contributed by atoms with Crippen LogP contribution in [-0.2, 0) is 6.18 Å². The predicted octanol–water partition coefficient (Wildman–Crippen LogP) is 2.56. The number of halogens is 3. The highest BCUT2D eigenvalue weighted by Gasteiger charge is 2.33. The number of nitrogens with one attached hydrogen (secondary N) is 1. The Balaban J connectivity index is 2.41. The van der Waals surface area contributed by atoms with E-state index < -0.39 is 11.7 Å². The van der Waals surface area contributed by atoms with E-state index in [1.165, 1.54) is 12.1 Å². The highest BCUT2D eigenvalue weighted by atomic mass is 19.4. The Hall–Kier alpha value is -1.23. The first-order valence-electron chi connectivity index (χ1n) is 5.10. The third kappa shape index (κ3) is 1.87. The second-order valence-corrected chi connectivity index (χ2v) is 4.15. The molecule has 16 heavy (non-hydrogen) atoms. The number of rotatable bonds is 1. The summed E-state index contributed by atoms with van der Waals surface area (Å²) in [7, 11) is 0. The highest BCUT2D eigenvalue weighted by molar-refractivity contribution is 5.59. The standard InChI is InChI=1S/C11H13F3N2/c1-6(15)9-5-16-10-3-2-7(4-8(9)10)11(12,13)14/h2-4,6,9,16H,5,15H2,1H3. The Bertz CT molecular complexity index is 399. The van der Waals surface area contributed by atoms with E-state index in [4.69, 9.17) is 5.73 Å². The summed E-state index contributed by atoms with van der Waals surface area (Å²) in [6, 6.07) is 3.61. The number of nitrogens with two attached hydrogens (primary N) is 1. The van der Waals surface area contributed by atoms with Gasteiger partial charge in [-0.05, 0) is 30.7 Å². The molecule has 0 spiro atoms. The van der Waals surface area contributed by atoms with Gasteiger partial charge in [-0.1, -0.05) is 0 Å². The zero-order valence-corrected chi connectivity index (χ0v) is 8.81. The van der Waals surface area contributed by atoms with Crippen molar-refractivity contribution >= 4 is 5.69 Å². The molecule has 0 radical (unpaired) electrons. The molecule has 2 nitrogen and oxygen atoms in total. The van der Waals surface area contributed by atoms with Crippen LogP contribution in [0.2, 0.25) is 0 Å². The van der Waals surface area contributed by atoms with Gasteiger partial charge in [0.25, 0.3) is 0 Å². The lowest BCUT2D eigenvalue weighted by Gasteiger charge is -2.15. The Labute approximate surface area is 91.6 Å². The van der Waals surface area contributed by atoms with Crippen molar-refractivity contribution in [2.75, 3.05) is 11.9 Å². The van der Waals surface area contributed by atoms with Crippen LogP contribution in [0.15, 0.2) is 18.2 Å². The van der Waals surface area contributed by atoms with Gasteiger partial charge in [0.15, 0.2) is 0 Å². The highest BCUT2D eigenvalue weighted by Crippen LogP contribution is 2.38. The van der Waals surface area contributed by atoms with Crippen molar-refractivity contribution < 1.29 is 13.2 Å². The molecule has 0 fully saturated rings. The molecule has 88 valence electrons. The molecular weight excluding hydrogens is 217 g/mol. The Kier molecular flexibility index (Phi) is 2.58. The fraction of sp³-hybridized carbons (Fsp3) is 0.455. The summed E-state index contributed by atoms with van der Waals surface area (Å²) in [4.78, 5) is 0. The Morgan fingerprint density at radius 2 is 2.12 bits per heavy atom. The van der Waals surface area contributed by atoms with Gasteiger partial charge in [0, 0.05) is 24.2 Å². The molecule has 1 aliphatic rings. The minimum atomic E-state index is -4.29. The van der Waals surface area contributed by atoms with Crippen LogP contribution in [0.3, 0.4) is 0 Å². The molecule has 0 amide bonds. The third-order valence-electron chi connectivity index (χ3n) is 2.93. The van der Waals surface area contributed by atoms with Gasteiger partial charge in [0.2, 0.25) is 0 Å².